The predicted octanol–water partition coefficient (Wildman–Crippen LogP) is 1.28. The molecule has 0 bridgehead atoms. The summed E-state index contributed by atoms with van der Waals surface area (Å²) in [4.78, 5) is 0. The van der Waals surface area contributed by atoms with Crippen molar-refractivity contribution in [2.24, 2.45) is 0 Å². The van der Waals surface area contributed by atoms with Gasteiger partial charge in [0.2, 0.25) is 0 Å². The lowest BCUT2D eigenvalue weighted by atomic mass is 10.1. The molecule has 0 aliphatic heterocycles. The Morgan fingerprint density at radius 3 is 2.94 bits per heavy atom. The number of methoxy groups -OCH3 is 2. The second-order valence-electron chi connectivity index (χ2n) is 4.66. The first-order chi connectivity index (χ1) is 8.78. The monoisotopic (exact) mass is 251 g/mol. The quantitative estimate of drug-likeness (QED) is 0.799. The van der Waals surface area contributed by atoms with Gasteiger partial charge in [-0.2, -0.15) is 0 Å². The van der Waals surface area contributed by atoms with Crippen molar-refractivity contribution in [2.75, 3.05) is 27.4 Å². The summed E-state index contributed by atoms with van der Waals surface area (Å²) >= 11 is 0. The Balaban J connectivity index is 2.09. The number of ether oxygens (including phenoxy) is 2. The average molecular weight is 251 g/mol. The van der Waals surface area contributed by atoms with Crippen molar-refractivity contribution in [1.29, 1.82) is 0 Å². The van der Waals surface area contributed by atoms with Gasteiger partial charge in [0, 0.05) is 13.2 Å². The molecule has 1 aromatic rings. The summed E-state index contributed by atoms with van der Waals surface area (Å²) in [5.74, 6) is 0.884. The minimum absolute atomic E-state index is 0.0165. The maximum Gasteiger partial charge on any atom is 0.119 e. The zero-order chi connectivity index (χ0) is 13.0. The highest BCUT2D eigenvalue weighted by atomic mass is 16.5. The van der Waals surface area contributed by atoms with Crippen LogP contribution in [0.1, 0.15) is 23.6 Å². The van der Waals surface area contributed by atoms with Gasteiger partial charge >= 0.3 is 0 Å². The second-order valence-corrected chi connectivity index (χ2v) is 4.66. The fourth-order valence-electron chi connectivity index (χ4n) is 2.52. The molecule has 18 heavy (non-hydrogen) atoms. The highest BCUT2D eigenvalue weighted by molar-refractivity contribution is 5.40. The molecule has 0 aromatic heterocycles. The lowest BCUT2D eigenvalue weighted by Crippen LogP contribution is -2.38. The third-order valence-electron chi connectivity index (χ3n) is 3.46. The van der Waals surface area contributed by atoms with Crippen molar-refractivity contribution < 1.29 is 14.6 Å². The first-order valence-corrected chi connectivity index (χ1v) is 6.31. The van der Waals surface area contributed by atoms with E-state index in [1.54, 1.807) is 14.2 Å². The molecule has 2 atom stereocenters. The van der Waals surface area contributed by atoms with E-state index in [1.807, 2.05) is 6.07 Å². The van der Waals surface area contributed by atoms with E-state index in [2.05, 4.69) is 17.4 Å². The van der Waals surface area contributed by atoms with Crippen molar-refractivity contribution in [3.8, 4) is 5.75 Å². The third kappa shape index (κ3) is 2.83. The van der Waals surface area contributed by atoms with Gasteiger partial charge in [-0.15, -0.1) is 0 Å². The Kier molecular flexibility index (Phi) is 4.58. The first kappa shape index (κ1) is 13.3. The summed E-state index contributed by atoms with van der Waals surface area (Å²) in [5.41, 5.74) is 2.64. The summed E-state index contributed by atoms with van der Waals surface area (Å²) in [7, 11) is 3.33. The number of hydrogen-bond donors (Lipinski definition) is 2. The number of fused-ring (bicyclic) bond motifs is 1. The van der Waals surface area contributed by atoms with Gasteiger partial charge in [-0.3, -0.25) is 0 Å². The third-order valence-corrected chi connectivity index (χ3v) is 3.46. The van der Waals surface area contributed by atoms with Crippen LogP contribution in [0.5, 0.6) is 5.75 Å². The van der Waals surface area contributed by atoms with Gasteiger partial charge in [0.1, 0.15) is 5.75 Å². The molecule has 2 N–H and O–H groups in total. The Morgan fingerprint density at radius 1 is 1.44 bits per heavy atom. The lowest BCUT2D eigenvalue weighted by Gasteiger charge is -2.21. The van der Waals surface area contributed by atoms with E-state index in [0.717, 1.165) is 18.6 Å². The molecule has 1 aliphatic carbocycles. The molecule has 0 saturated carbocycles. The Labute approximate surface area is 108 Å². The molecule has 100 valence electrons. The van der Waals surface area contributed by atoms with Crippen molar-refractivity contribution >= 4 is 0 Å². The minimum atomic E-state index is -0.0165. The highest BCUT2D eigenvalue weighted by Crippen LogP contribution is 2.33. The van der Waals surface area contributed by atoms with Crippen LogP contribution >= 0.6 is 0 Å². The number of aliphatic hydroxyl groups excluding tert-OH is 1. The molecule has 0 radical (unpaired) electrons. The fraction of sp³-hybridized carbons (Fsp3) is 0.571. The Bertz CT molecular complexity index is 395. The van der Waals surface area contributed by atoms with Crippen LogP contribution in [0.15, 0.2) is 18.2 Å². The molecule has 1 aromatic carbocycles. The van der Waals surface area contributed by atoms with Crippen LogP contribution in [0.3, 0.4) is 0 Å². The largest absolute Gasteiger partial charge is 0.497 e. The first-order valence-electron chi connectivity index (χ1n) is 6.31. The van der Waals surface area contributed by atoms with Crippen molar-refractivity contribution in [2.45, 2.75) is 24.9 Å². The predicted molar refractivity (Wildman–Crippen MR) is 69.9 cm³/mol. The number of aryl methyl sites for hydroxylation is 1. The lowest BCUT2D eigenvalue weighted by molar-refractivity contribution is 0.122. The van der Waals surface area contributed by atoms with Crippen LogP contribution in [0.25, 0.3) is 0 Å². The average Bonchev–Trinajstić information content (AvgIpc) is 2.80. The standard InChI is InChI=1S/C14H21NO3/c1-17-9-11(8-16)15-14-6-4-10-3-5-12(18-2)7-13(10)14/h3,5,7,11,14-16H,4,6,8-9H2,1-2H3. The zero-order valence-electron chi connectivity index (χ0n) is 11.0. The van der Waals surface area contributed by atoms with Gasteiger partial charge in [0.15, 0.2) is 0 Å². The molecule has 1 aliphatic rings. The van der Waals surface area contributed by atoms with Crippen LogP contribution in [-0.4, -0.2) is 38.6 Å². The van der Waals surface area contributed by atoms with Gasteiger partial charge in [-0.1, -0.05) is 6.07 Å². The van der Waals surface area contributed by atoms with E-state index in [4.69, 9.17) is 9.47 Å². The topological polar surface area (TPSA) is 50.7 Å². The molecule has 2 unspecified atom stereocenters. The molecule has 4 heteroatoms. The van der Waals surface area contributed by atoms with Crippen LogP contribution in [0.2, 0.25) is 0 Å². The molecule has 4 nitrogen and oxygen atoms in total. The van der Waals surface area contributed by atoms with E-state index in [1.165, 1.54) is 11.1 Å². The molecular weight excluding hydrogens is 230 g/mol. The van der Waals surface area contributed by atoms with Crippen LogP contribution < -0.4 is 10.1 Å². The van der Waals surface area contributed by atoms with Gasteiger partial charge in [0.05, 0.1) is 26.4 Å². The van der Waals surface area contributed by atoms with Gasteiger partial charge in [-0.25, -0.2) is 0 Å². The molecule has 0 amide bonds. The summed E-state index contributed by atoms with van der Waals surface area (Å²) < 4.78 is 10.4. The maximum absolute atomic E-state index is 9.30. The highest BCUT2D eigenvalue weighted by Gasteiger charge is 2.24. The normalized spacial score (nSPS) is 19.6. The van der Waals surface area contributed by atoms with Crippen molar-refractivity contribution in [3.05, 3.63) is 29.3 Å². The SMILES string of the molecule is COCC(CO)NC1CCc2ccc(OC)cc21. The van der Waals surface area contributed by atoms with Crippen molar-refractivity contribution in [3.63, 3.8) is 0 Å². The van der Waals surface area contributed by atoms with Crippen molar-refractivity contribution in [1.82, 2.24) is 5.32 Å². The molecule has 0 spiro atoms. The summed E-state index contributed by atoms with van der Waals surface area (Å²) in [6.07, 6.45) is 2.13. The van der Waals surface area contributed by atoms with E-state index in [9.17, 15) is 5.11 Å². The molecule has 0 heterocycles. The van der Waals surface area contributed by atoms with Crippen LogP contribution in [0, 0.1) is 0 Å². The minimum Gasteiger partial charge on any atom is -0.497 e. The summed E-state index contributed by atoms with van der Waals surface area (Å²) in [6.45, 7) is 0.607. The fourth-order valence-corrected chi connectivity index (χ4v) is 2.52. The summed E-state index contributed by atoms with van der Waals surface area (Å²) in [6, 6.07) is 6.47. The zero-order valence-corrected chi connectivity index (χ0v) is 11.0. The number of aliphatic hydroxyl groups is 1. The Morgan fingerprint density at radius 2 is 2.28 bits per heavy atom. The Hall–Kier alpha value is -1.10. The van der Waals surface area contributed by atoms with Gasteiger partial charge < -0.3 is 19.9 Å². The van der Waals surface area contributed by atoms with Gasteiger partial charge in [0.25, 0.3) is 0 Å². The van der Waals surface area contributed by atoms with Crippen LogP contribution in [0.4, 0.5) is 0 Å². The smallest absolute Gasteiger partial charge is 0.119 e. The van der Waals surface area contributed by atoms with E-state index >= 15 is 0 Å². The van der Waals surface area contributed by atoms with Gasteiger partial charge in [-0.05, 0) is 36.1 Å². The number of hydrogen-bond acceptors (Lipinski definition) is 4. The van der Waals surface area contributed by atoms with E-state index in [0.29, 0.717) is 6.61 Å². The number of benzene rings is 1. The van der Waals surface area contributed by atoms with E-state index in [-0.39, 0.29) is 18.7 Å². The van der Waals surface area contributed by atoms with E-state index < -0.39 is 0 Å². The molecular formula is C14H21NO3. The summed E-state index contributed by atoms with van der Waals surface area (Å²) in [5, 5.41) is 12.7. The number of nitrogens with one attached hydrogen (secondary N) is 1. The van der Waals surface area contributed by atoms with Crippen LogP contribution in [-0.2, 0) is 11.2 Å². The molecule has 0 fully saturated rings. The molecule has 0 saturated heterocycles. The maximum atomic E-state index is 9.30. The second kappa shape index (κ2) is 6.18. The number of rotatable bonds is 6. The molecule has 2 rings (SSSR count).